The topological polar surface area (TPSA) is 35.8 Å². The zero-order valence-corrected chi connectivity index (χ0v) is 11.9. The van der Waals surface area contributed by atoms with Crippen LogP contribution in [0.4, 0.5) is 10.1 Å². The van der Waals surface area contributed by atoms with Crippen molar-refractivity contribution in [3.63, 3.8) is 0 Å². The second kappa shape index (κ2) is 5.85. The fourth-order valence-electron chi connectivity index (χ4n) is 1.82. The van der Waals surface area contributed by atoms with Crippen LogP contribution in [-0.4, -0.2) is 0 Å². The Morgan fingerprint density at radius 2 is 1.89 bits per heavy atom. The van der Waals surface area contributed by atoms with Crippen molar-refractivity contribution < 1.29 is 4.39 Å². The third kappa shape index (κ3) is 3.55. The van der Waals surface area contributed by atoms with Gasteiger partial charge in [0.2, 0.25) is 0 Å². The molecule has 0 amide bonds. The van der Waals surface area contributed by atoms with Crippen molar-refractivity contribution in [3.8, 4) is 6.07 Å². The van der Waals surface area contributed by atoms with Crippen molar-refractivity contribution in [1.82, 2.24) is 0 Å². The van der Waals surface area contributed by atoms with Crippen LogP contribution in [0.3, 0.4) is 0 Å². The first-order valence-electron chi connectivity index (χ1n) is 5.81. The van der Waals surface area contributed by atoms with Crippen LogP contribution in [0.15, 0.2) is 46.9 Å². The molecule has 96 valence electrons. The molecule has 1 N–H and O–H groups in total. The van der Waals surface area contributed by atoms with Gasteiger partial charge in [0.15, 0.2) is 0 Å². The summed E-state index contributed by atoms with van der Waals surface area (Å²) in [6.45, 7) is 1.99. The molecule has 0 saturated carbocycles. The van der Waals surface area contributed by atoms with Crippen LogP contribution in [0.25, 0.3) is 0 Å². The summed E-state index contributed by atoms with van der Waals surface area (Å²) in [4.78, 5) is 0. The average molecular weight is 319 g/mol. The summed E-state index contributed by atoms with van der Waals surface area (Å²) >= 11 is 3.37. The number of halogens is 2. The molecular formula is C15H12BrFN2. The molecule has 0 saturated heterocycles. The number of hydrogen-bond donors (Lipinski definition) is 1. The highest BCUT2D eigenvalue weighted by Gasteiger charge is 2.06. The van der Waals surface area contributed by atoms with E-state index < -0.39 is 0 Å². The predicted molar refractivity (Wildman–Crippen MR) is 77.3 cm³/mol. The van der Waals surface area contributed by atoms with Gasteiger partial charge in [-0.15, -0.1) is 0 Å². The van der Waals surface area contributed by atoms with Crippen molar-refractivity contribution in [3.05, 3.63) is 63.9 Å². The molecule has 0 aliphatic carbocycles. The second-order valence-electron chi connectivity index (χ2n) is 4.26. The van der Waals surface area contributed by atoms with Crippen LogP contribution in [-0.2, 0) is 0 Å². The van der Waals surface area contributed by atoms with Crippen LogP contribution >= 0.6 is 15.9 Å². The lowest BCUT2D eigenvalue weighted by molar-refractivity contribution is 0.626. The van der Waals surface area contributed by atoms with Crippen LogP contribution in [0.2, 0.25) is 0 Å². The van der Waals surface area contributed by atoms with Gasteiger partial charge in [-0.25, -0.2) is 4.39 Å². The highest BCUT2D eigenvalue weighted by molar-refractivity contribution is 9.10. The van der Waals surface area contributed by atoms with Crippen molar-refractivity contribution in [2.45, 2.75) is 13.0 Å². The normalized spacial score (nSPS) is 11.7. The van der Waals surface area contributed by atoms with Gasteiger partial charge in [0.05, 0.1) is 11.6 Å². The molecule has 0 aliphatic rings. The number of rotatable bonds is 3. The first-order valence-corrected chi connectivity index (χ1v) is 6.60. The lowest BCUT2D eigenvalue weighted by Crippen LogP contribution is -2.06. The summed E-state index contributed by atoms with van der Waals surface area (Å²) in [7, 11) is 0. The summed E-state index contributed by atoms with van der Waals surface area (Å²) in [6.07, 6.45) is 0. The van der Waals surface area contributed by atoms with Crippen LogP contribution < -0.4 is 5.32 Å². The van der Waals surface area contributed by atoms with Crippen LogP contribution in [0.5, 0.6) is 0 Å². The summed E-state index contributed by atoms with van der Waals surface area (Å²) in [5.74, 6) is -0.245. The largest absolute Gasteiger partial charge is 0.378 e. The lowest BCUT2D eigenvalue weighted by atomic mass is 10.1. The summed E-state index contributed by atoms with van der Waals surface area (Å²) in [5.41, 5.74) is 2.42. The highest BCUT2D eigenvalue weighted by Crippen LogP contribution is 2.24. The predicted octanol–water partition coefficient (Wildman–Crippen LogP) is 4.63. The monoisotopic (exact) mass is 318 g/mol. The van der Waals surface area contributed by atoms with Gasteiger partial charge < -0.3 is 5.32 Å². The Hall–Kier alpha value is -1.86. The molecule has 1 unspecified atom stereocenters. The van der Waals surface area contributed by atoms with Gasteiger partial charge in [0.1, 0.15) is 5.82 Å². The maximum absolute atomic E-state index is 12.9. The number of anilines is 1. The molecule has 4 heteroatoms. The number of benzene rings is 2. The Bertz CT molecular complexity index is 617. The van der Waals surface area contributed by atoms with E-state index in [2.05, 4.69) is 27.3 Å². The van der Waals surface area contributed by atoms with Gasteiger partial charge in [-0.05, 0) is 42.8 Å². The van der Waals surface area contributed by atoms with E-state index in [-0.39, 0.29) is 11.9 Å². The van der Waals surface area contributed by atoms with Gasteiger partial charge in [0.25, 0.3) is 0 Å². The van der Waals surface area contributed by atoms with Crippen molar-refractivity contribution in [2.24, 2.45) is 0 Å². The lowest BCUT2D eigenvalue weighted by Gasteiger charge is -2.16. The highest BCUT2D eigenvalue weighted by atomic mass is 79.9. The first kappa shape index (κ1) is 13.6. The standard InChI is InChI=1S/C15H12BrFN2/c1-10(12-2-4-14(17)5-3-12)19-15-7-11(9-18)6-13(16)8-15/h2-8,10,19H,1H3. The average Bonchev–Trinajstić information content (AvgIpc) is 2.38. The zero-order valence-electron chi connectivity index (χ0n) is 10.3. The third-order valence-corrected chi connectivity index (χ3v) is 3.24. The van der Waals surface area contributed by atoms with Crippen molar-refractivity contribution in [2.75, 3.05) is 5.32 Å². The quantitative estimate of drug-likeness (QED) is 0.895. The van der Waals surface area contributed by atoms with E-state index in [1.807, 2.05) is 13.0 Å². The van der Waals surface area contributed by atoms with E-state index in [9.17, 15) is 4.39 Å². The van der Waals surface area contributed by atoms with E-state index in [0.717, 1.165) is 15.7 Å². The SMILES string of the molecule is CC(Nc1cc(Br)cc(C#N)c1)c1ccc(F)cc1. The Morgan fingerprint density at radius 1 is 1.21 bits per heavy atom. The molecule has 0 fully saturated rings. The maximum Gasteiger partial charge on any atom is 0.123 e. The van der Waals surface area contributed by atoms with Crippen LogP contribution in [0, 0.1) is 17.1 Å². The maximum atomic E-state index is 12.9. The number of hydrogen-bond acceptors (Lipinski definition) is 2. The molecule has 2 aromatic rings. The summed E-state index contributed by atoms with van der Waals surface area (Å²) in [5, 5.41) is 12.2. The number of nitrogens with zero attached hydrogens (tertiary/aromatic N) is 1. The second-order valence-corrected chi connectivity index (χ2v) is 5.17. The summed E-state index contributed by atoms with van der Waals surface area (Å²) in [6, 6.07) is 14.0. The smallest absolute Gasteiger partial charge is 0.123 e. The van der Waals surface area contributed by atoms with E-state index in [1.54, 1.807) is 24.3 Å². The Labute approximate surface area is 120 Å². The van der Waals surface area contributed by atoms with E-state index in [0.29, 0.717) is 5.56 Å². The zero-order chi connectivity index (χ0) is 13.8. The minimum atomic E-state index is -0.245. The Balaban J connectivity index is 2.19. The minimum absolute atomic E-state index is 0.0291. The molecular weight excluding hydrogens is 307 g/mol. The van der Waals surface area contributed by atoms with E-state index in [1.165, 1.54) is 12.1 Å². The summed E-state index contributed by atoms with van der Waals surface area (Å²) < 4.78 is 13.7. The van der Waals surface area contributed by atoms with Gasteiger partial charge in [-0.3, -0.25) is 0 Å². The Kier molecular flexibility index (Phi) is 4.18. The molecule has 1 atom stereocenters. The van der Waals surface area contributed by atoms with Gasteiger partial charge in [-0.1, -0.05) is 28.1 Å². The molecule has 2 nitrogen and oxygen atoms in total. The molecule has 0 aromatic heterocycles. The minimum Gasteiger partial charge on any atom is -0.378 e. The third-order valence-electron chi connectivity index (χ3n) is 2.78. The molecule has 19 heavy (non-hydrogen) atoms. The van der Waals surface area contributed by atoms with Gasteiger partial charge in [-0.2, -0.15) is 5.26 Å². The van der Waals surface area contributed by atoms with Crippen molar-refractivity contribution in [1.29, 1.82) is 5.26 Å². The number of nitriles is 1. The molecule has 0 spiro atoms. The fraction of sp³-hybridized carbons (Fsp3) is 0.133. The van der Waals surface area contributed by atoms with Gasteiger partial charge in [0, 0.05) is 16.2 Å². The molecule has 2 aromatic carbocycles. The molecule has 0 bridgehead atoms. The number of nitrogens with one attached hydrogen (secondary N) is 1. The molecule has 0 heterocycles. The van der Waals surface area contributed by atoms with Gasteiger partial charge >= 0.3 is 0 Å². The van der Waals surface area contributed by atoms with E-state index in [4.69, 9.17) is 5.26 Å². The fourth-order valence-corrected chi connectivity index (χ4v) is 2.32. The van der Waals surface area contributed by atoms with Crippen LogP contribution in [0.1, 0.15) is 24.1 Å². The first-order chi connectivity index (χ1) is 9.08. The molecule has 0 radical (unpaired) electrons. The molecule has 0 aliphatic heterocycles. The van der Waals surface area contributed by atoms with Crippen molar-refractivity contribution >= 4 is 21.6 Å². The van der Waals surface area contributed by atoms with E-state index >= 15 is 0 Å². The molecule has 2 rings (SSSR count). The Morgan fingerprint density at radius 3 is 2.53 bits per heavy atom.